The summed E-state index contributed by atoms with van der Waals surface area (Å²) in [5.74, 6) is 0.893. The van der Waals surface area contributed by atoms with Crippen LogP contribution in [0, 0.1) is 0 Å². The minimum atomic E-state index is 0.0798. The minimum absolute atomic E-state index is 0.0798. The van der Waals surface area contributed by atoms with Crippen molar-refractivity contribution in [1.82, 2.24) is 9.97 Å². The molecule has 1 aliphatic heterocycles. The highest BCUT2D eigenvalue weighted by atomic mass is 16.3. The molecule has 0 atom stereocenters. The Bertz CT molecular complexity index is 633. The molecular weight excluding hydrogens is 242 g/mol. The average Bonchev–Trinajstić information content (AvgIpc) is 2.96. The number of imidazole rings is 1. The Balaban J connectivity index is 1.94. The van der Waals surface area contributed by atoms with Crippen LogP contribution in [-0.4, -0.2) is 34.6 Å². The van der Waals surface area contributed by atoms with Gasteiger partial charge in [-0.25, -0.2) is 4.98 Å². The number of aliphatic hydroxyl groups is 1. The van der Waals surface area contributed by atoms with Crippen molar-refractivity contribution in [3.05, 3.63) is 35.8 Å². The van der Waals surface area contributed by atoms with E-state index in [-0.39, 0.29) is 12.5 Å². The zero-order chi connectivity index (χ0) is 13.4. The van der Waals surface area contributed by atoms with E-state index < -0.39 is 0 Å². The van der Waals surface area contributed by atoms with Crippen LogP contribution in [0.3, 0.4) is 0 Å². The third kappa shape index (κ3) is 2.02. The van der Waals surface area contributed by atoms with E-state index in [4.69, 9.17) is 5.11 Å². The van der Waals surface area contributed by atoms with E-state index in [1.54, 1.807) is 18.1 Å². The molecule has 2 heterocycles. The summed E-state index contributed by atoms with van der Waals surface area (Å²) < 4.78 is 0. The smallest absolute Gasteiger partial charge is 0.231 e. The Hall–Kier alpha value is -2.14. The summed E-state index contributed by atoms with van der Waals surface area (Å²) in [7, 11) is 1.80. The number of hydrogen-bond acceptors (Lipinski definition) is 3. The van der Waals surface area contributed by atoms with Gasteiger partial charge in [0.05, 0.1) is 24.9 Å². The molecule has 19 heavy (non-hydrogen) atoms. The number of likely N-dealkylation sites (N-methyl/N-ethyl adjacent to an activating group) is 1. The fourth-order valence-corrected chi connectivity index (χ4v) is 2.38. The van der Waals surface area contributed by atoms with Crippen molar-refractivity contribution < 1.29 is 9.90 Å². The van der Waals surface area contributed by atoms with Crippen molar-refractivity contribution in [2.75, 3.05) is 18.6 Å². The van der Waals surface area contributed by atoms with Crippen LogP contribution in [0.15, 0.2) is 24.4 Å². The van der Waals surface area contributed by atoms with Crippen LogP contribution in [0.25, 0.3) is 11.3 Å². The maximum atomic E-state index is 11.6. The molecule has 5 heteroatoms. The number of amides is 1. The van der Waals surface area contributed by atoms with Gasteiger partial charge in [-0.05, 0) is 23.3 Å². The summed E-state index contributed by atoms with van der Waals surface area (Å²) in [5.41, 5.74) is 3.94. The molecule has 1 amide bonds. The summed E-state index contributed by atoms with van der Waals surface area (Å²) in [4.78, 5) is 20.7. The van der Waals surface area contributed by atoms with Gasteiger partial charge in [-0.15, -0.1) is 0 Å². The van der Waals surface area contributed by atoms with Gasteiger partial charge in [-0.1, -0.05) is 6.07 Å². The third-order valence-electron chi connectivity index (χ3n) is 3.44. The number of aliphatic hydroxyl groups excluding tert-OH is 1. The first-order valence-electron chi connectivity index (χ1n) is 6.23. The van der Waals surface area contributed by atoms with Gasteiger partial charge in [0.1, 0.15) is 5.82 Å². The predicted octanol–water partition coefficient (Wildman–Crippen LogP) is 1.13. The van der Waals surface area contributed by atoms with Gasteiger partial charge in [-0.3, -0.25) is 4.79 Å². The van der Waals surface area contributed by atoms with Crippen LogP contribution in [0.2, 0.25) is 0 Å². The molecule has 0 fully saturated rings. The highest BCUT2D eigenvalue weighted by molar-refractivity contribution is 6.01. The number of rotatable bonds is 3. The van der Waals surface area contributed by atoms with Crippen molar-refractivity contribution in [2.24, 2.45) is 0 Å². The lowest BCUT2D eigenvalue weighted by molar-refractivity contribution is -0.117. The molecule has 0 unspecified atom stereocenters. The molecule has 0 bridgehead atoms. The van der Waals surface area contributed by atoms with Crippen molar-refractivity contribution in [3.63, 3.8) is 0 Å². The van der Waals surface area contributed by atoms with E-state index in [1.807, 2.05) is 18.2 Å². The number of aromatic nitrogens is 2. The molecule has 5 nitrogen and oxygen atoms in total. The fourth-order valence-electron chi connectivity index (χ4n) is 2.38. The number of aromatic amines is 1. The zero-order valence-electron chi connectivity index (χ0n) is 10.7. The Labute approximate surface area is 110 Å². The highest BCUT2D eigenvalue weighted by Crippen LogP contribution is 2.31. The molecule has 1 aliphatic rings. The quantitative estimate of drug-likeness (QED) is 0.866. The second-order valence-electron chi connectivity index (χ2n) is 4.69. The van der Waals surface area contributed by atoms with Crippen molar-refractivity contribution in [3.8, 4) is 11.3 Å². The number of H-pyrrole nitrogens is 1. The van der Waals surface area contributed by atoms with Crippen molar-refractivity contribution >= 4 is 11.6 Å². The zero-order valence-corrected chi connectivity index (χ0v) is 10.7. The standard InChI is InChI=1S/C14H15N3O2/c1-17-12-3-2-9(6-10(12)7-14(17)19)11-8-15-13(16-11)4-5-18/h2-3,6,8,18H,4-5,7H2,1H3,(H,15,16). The minimum Gasteiger partial charge on any atom is -0.396 e. The fraction of sp³-hybridized carbons (Fsp3) is 0.286. The van der Waals surface area contributed by atoms with Gasteiger partial charge in [0.2, 0.25) is 5.91 Å². The Kier molecular flexibility index (Phi) is 2.83. The molecule has 0 spiro atoms. The number of carbonyl (C=O) groups excluding carboxylic acids is 1. The van der Waals surface area contributed by atoms with E-state index in [0.29, 0.717) is 12.8 Å². The molecule has 0 saturated heterocycles. The first-order chi connectivity index (χ1) is 9.19. The third-order valence-corrected chi connectivity index (χ3v) is 3.44. The van der Waals surface area contributed by atoms with Crippen LogP contribution >= 0.6 is 0 Å². The molecule has 3 rings (SSSR count). The molecule has 1 aromatic heterocycles. The highest BCUT2D eigenvalue weighted by Gasteiger charge is 2.24. The largest absolute Gasteiger partial charge is 0.396 e. The SMILES string of the molecule is CN1C(=O)Cc2cc(-c3cnc(CCO)[nH]3)ccc21. The van der Waals surface area contributed by atoms with Gasteiger partial charge in [0.15, 0.2) is 0 Å². The number of nitrogens with zero attached hydrogens (tertiary/aromatic N) is 2. The lowest BCUT2D eigenvalue weighted by Crippen LogP contribution is -2.20. The van der Waals surface area contributed by atoms with E-state index in [2.05, 4.69) is 9.97 Å². The first kappa shape index (κ1) is 11.9. The van der Waals surface area contributed by atoms with Crippen LogP contribution in [0.4, 0.5) is 5.69 Å². The van der Waals surface area contributed by atoms with Crippen LogP contribution in [0.5, 0.6) is 0 Å². The van der Waals surface area contributed by atoms with Crippen molar-refractivity contribution in [2.45, 2.75) is 12.8 Å². The lowest BCUT2D eigenvalue weighted by Gasteiger charge is -2.10. The number of fused-ring (bicyclic) bond motifs is 1. The second-order valence-corrected chi connectivity index (χ2v) is 4.69. The molecule has 1 aromatic carbocycles. The average molecular weight is 257 g/mol. The normalized spacial score (nSPS) is 14.0. The Morgan fingerprint density at radius 2 is 2.32 bits per heavy atom. The van der Waals surface area contributed by atoms with Crippen LogP contribution in [0.1, 0.15) is 11.4 Å². The van der Waals surface area contributed by atoms with E-state index in [9.17, 15) is 4.79 Å². The summed E-state index contributed by atoms with van der Waals surface area (Å²) in [6.45, 7) is 0.0798. The number of nitrogens with one attached hydrogen (secondary N) is 1. The summed E-state index contributed by atoms with van der Waals surface area (Å²) in [5, 5.41) is 8.88. The molecule has 2 N–H and O–H groups in total. The topological polar surface area (TPSA) is 69.2 Å². The van der Waals surface area contributed by atoms with E-state index in [1.165, 1.54) is 0 Å². The predicted molar refractivity (Wildman–Crippen MR) is 71.9 cm³/mol. The number of benzene rings is 1. The van der Waals surface area contributed by atoms with E-state index in [0.717, 1.165) is 28.3 Å². The maximum absolute atomic E-state index is 11.6. The molecule has 98 valence electrons. The molecule has 0 saturated carbocycles. The number of anilines is 1. The van der Waals surface area contributed by atoms with Gasteiger partial charge in [-0.2, -0.15) is 0 Å². The maximum Gasteiger partial charge on any atom is 0.231 e. The molecule has 0 radical (unpaired) electrons. The summed E-state index contributed by atoms with van der Waals surface area (Å²) in [6.07, 6.45) is 2.73. The summed E-state index contributed by atoms with van der Waals surface area (Å²) >= 11 is 0. The number of carbonyl (C=O) groups is 1. The number of hydrogen-bond donors (Lipinski definition) is 2. The van der Waals surface area contributed by atoms with Gasteiger partial charge in [0.25, 0.3) is 0 Å². The van der Waals surface area contributed by atoms with Crippen LogP contribution in [-0.2, 0) is 17.6 Å². The summed E-state index contributed by atoms with van der Waals surface area (Å²) in [6, 6.07) is 5.96. The molecular formula is C14H15N3O2. The van der Waals surface area contributed by atoms with Gasteiger partial charge in [0, 0.05) is 19.2 Å². The molecule has 2 aromatic rings. The monoisotopic (exact) mass is 257 g/mol. The Morgan fingerprint density at radius 1 is 1.47 bits per heavy atom. The lowest BCUT2D eigenvalue weighted by atomic mass is 10.1. The van der Waals surface area contributed by atoms with Crippen LogP contribution < -0.4 is 4.90 Å². The first-order valence-corrected chi connectivity index (χ1v) is 6.23. The van der Waals surface area contributed by atoms with Crippen molar-refractivity contribution in [1.29, 1.82) is 0 Å². The van der Waals surface area contributed by atoms with Gasteiger partial charge < -0.3 is 15.0 Å². The van der Waals surface area contributed by atoms with Gasteiger partial charge >= 0.3 is 0 Å². The second kappa shape index (κ2) is 4.51. The molecule has 0 aliphatic carbocycles. The Morgan fingerprint density at radius 3 is 3.11 bits per heavy atom. The van der Waals surface area contributed by atoms with E-state index >= 15 is 0 Å².